The largest absolute Gasteiger partial charge is 0.477 e. The second-order valence-electron chi connectivity index (χ2n) is 11.1. The van der Waals surface area contributed by atoms with E-state index in [1.54, 1.807) is 18.9 Å². The average molecular weight is 530 g/mol. The van der Waals surface area contributed by atoms with Gasteiger partial charge in [0, 0.05) is 31.4 Å². The van der Waals surface area contributed by atoms with E-state index in [1.165, 1.54) is 23.3 Å². The predicted molar refractivity (Wildman–Crippen MR) is 145 cm³/mol. The lowest BCUT2D eigenvalue weighted by Crippen LogP contribution is -2.46. The van der Waals surface area contributed by atoms with E-state index >= 15 is 0 Å². The lowest BCUT2D eigenvalue weighted by Gasteiger charge is -2.33. The summed E-state index contributed by atoms with van der Waals surface area (Å²) in [6.45, 7) is 4.26. The topological polar surface area (TPSA) is 98.2 Å². The minimum absolute atomic E-state index is 0.0270. The number of aromatic carboxylic acids is 1. The number of anilines is 1. The average Bonchev–Trinajstić information content (AvgIpc) is 3.40. The smallest absolute Gasteiger partial charge is 0.348 e. The lowest BCUT2D eigenvalue weighted by atomic mass is 9.82. The van der Waals surface area contributed by atoms with Crippen LogP contribution in [0.3, 0.4) is 0 Å². The Morgan fingerprint density at radius 2 is 1.86 bits per heavy atom. The van der Waals surface area contributed by atoms with Crippen LogP contribution in [0.4, 0.5) is 10.5 Å². The number of amides is 4. The molecule has 0 bridgehead atoms. The molecule has 1 atom stereocenters. The molecule has 1 aliphatic heterocycles. The van der Waals surface area contributed by atoms with Crippen LogP contribution in [0, 0.1) is 11.8 Å². The molecule has 202 valence electrons. The molecule has 4 amide bonds. The van der Waals surface area contributed by atoms with E-state index < -0.39 is 11.5 Å². The van der Waals surface area contributed by atoms with E-state index in [2.05, 4.69) is 13.0 Å². The first-order valence-corrected chi connectivity index (χ1v) is 14.3. The number of allylic oxidation sites excluding steroid dienone is 2. The third-order valence-electron chi connectivity index (χ3n) is 8.56. The van der Waals surface area contributed by atoms with Crippen LogP contribution >= 0.6 is 11.3 Å². The molecule has 8 nitrogen and oxygen atoms in total. The normalized spacial score (nSPS) is 26.4. The fourth-order valence-electron chi connectivity index (χ4n) is 5.92. The van der Waals surface area contributed by atoms with Crippen LogP contribution in [0.5, 0.6) is 0 Å². The summed E-state index contributed by atoms with van der Waals surface area (Å²) in [5.74, 6) is -0.846. The highest BCUT2D eigenvalue weighted by molar-refractivity contribution is 7.15. The molecule has 0 spiro atoms. The molecule has 1 aromatic heterocycles. The lowest BCUT2D eigenvalue weighted by molar-refractivity contribution is -0.131. The number of likely N-dealkylation sites (N-methyl/N-ethyl adjacent to an activating group) is 2. The fraction of sp³-hybridized carbons (Fsp3) is 0.643. The second kappa shape index (κ2) is 11.0. The zero-order chi connectivity index (χ0) is 26.9. The molecular formula is C28H39N3O5S. The number of nitrogens with zero attached hydrogens (tertiary/aromatic N) is 3. The summed E-state index contributed by atoms with van der Waals surface area (Å²) in [6.07, 6.45) is 10.8. The molecule has 1 N–H and O–H groups in total. The number of imide groups is 1. The Labute approximate surface area is 223 Å². The number of carboxylic acid groups (broad SMARTS) is 1. The summed E-state index contributed by atoms with van der Waals surface area (Å²) in [7, 11) is 3.11. The number of carbonyl (C=O) groups is 4. The maximum Gasteiger partial charge on any atom is 0.348 e. The Balaban J connectivity index is 1.62. The quantitative estimate of drug-likeness (QED) is 0.441. The van der Waals surface area contributed by atoms with E-state index in [-0.39, 0.29) is 28.6 Å². The number of urea groups is 1. The molecule has 1 saturated carbocycles. The summed E-state index contributed by atoms with van der Waals surface area (Å²) in [5.41, 5.74) is 0.645. The van der Waals surface area contributed by atoms with Gasteiger partial charge in [-0.05, 0) is 88.7 Å². The summed E-state index contributed by atoms with van der Waals surface area (Å²) >= 11 is 1.25. The zero-order valence-electron chi connectivity index (χ0n) is 22.4. The maximum absolute atomic E-state index is 13.9. The summed E-state index contributed by atoms with van der Waals surface area (Å²) in [6, 6.07) is 1.55. The third-order valence-corrected chi connectivity index (χ3v) is 9.75. The van der Waals surface area contributed by atoms with Gasteiger partial charge in [0.15, 0.2) is 0 Å². The number of hydrogen-bond acceptors (Lipinski definition) is 5. The van der Waals surface area contributed by atoms with Crippen molar-refractivity contribution >= 4 is 46.4 Å². The first-order valence-electron chi connectivity index (χ1n) is 13.5. The highest BCUT2D eigenvalue weighted by Gasteiger charge is 2.50. The van der Waals surface area contributed by atoms with E-state index in [9.17, 15) is 24.3 Å². The molecule has 0 aromatic carbocycles. The minimum atomic E-state index is -1.03. The molecule has 1 unspecified atom stereocenters. The van der Waals surface area contributed by atoms with E-state index in [1.807, 2.05) is 6.07 Å². The number of hydrogen-bond donors (Lipinski definition) is 1. The van der Waals surface area contributed by atoms with Gasteiger partial charge in [0.05, 0.1) is 5.69 Å². The van der Waals surface area contributed by atoms with Crippen molar-refractivity contribution in [3.05, 3.63) is 21.9 Å². The van der Waals surface area contributed by atoms with E-state index in [0.29, 0.717) is 31.0 Å². The van der Waals surface area contributed by atoms with Crippen LogP contribution < -0.4 is 4.90 Å². The fourth-order valence-corrected chi connectivity index (χ4v) is 6.98. The summed E-state index contributed by atoms with van der Waals surface area (Å²) < 4.78 is 0. The number of thiophene rings is 1. The van der Waals surface area contributed by atoms with E-state index in [4.69, 9.17) is 0 Å². The SMILES string of the molecule is CC1CCC(C(=O)N(CCCC2(C)C(=O)N(C)C(=O)N2C)c2cc(C3=CCCCC3)sc2C(=O)O)CC1. The van der Waals surface area contributed by atoms with Gasteiger partial charge < -0.3 is 14.9 Å². The number of carbonyl (C=O) groups excluding carboxylic acids is 3. The molecular weight excluding hydrogens is 490 g/mol. The highest BCUT2D eigenvalue weighted by Crippen LogP contribution is 2.40. The Bertz CT molecular complexity index is 1100. The van der Waals surface area contributed by atoms with Crippen LogP contribution in [0.2, 0.25) is 0 Å². The van der Waals surface area contributed by atoms with Crippen molar-refractivity contribution in [1.29, 1.82) is 0 Å². The predicted octanol–water partition coefficient (Wildman–Crippen LogP) is 5.63. The Morgan fingerprint density at radius 1 is 1.16 bits per heavy atom. The van der Waals surface area contributed by atoms with Crippen molar-refractivity contribution < 1.29 is 24.3 Å². The highest BCUT2D eigenvalue weighted by atomic mass is 32.1. The Morgan fingerprint density at radius 3 is 2.43 bits per heavy atom. The first kappa shape index (κ1) is 27.4. The summed E-state index contributed by atoms with van der Waals surface area (Å²) in [4.78, 5) is 56.8. The van der Waals surface area contributed by atoms with Gasteiger partial charge in [-0.25, -0.2) is 9.59 Å². The Kier molecular flexibility index (Phi) is 8.11. The zero-order valence-corrected chi connectivity index (χ0v) is 23.2. The summed E-state index contributed by atoms with van der Waals surface area (Å²) in [5, 5.41) is 10.1. The monoisotopic (exact) mass is 529 g/mol. The second-order valence-corrected chi connectivity index (χ2v) is 12.2. The molecule has 4 rings (SSSR count). The van der Waals surface area contributed by atoms with Crippen molar-refractivity contribution in [3.8, 4) is 0 Å². The molecule has 3 aliphatic rings. The molecule has 2 heterocycles. The van der Waals surface area contributed by atoms with Crippen molar-refractivity contribution in [2.45, 2.75) is 83.6 Å². The molecule has 0 radical (unpaired) electrons. The van der Waals surface area contributed by atoms with Crippen LogP contribution in [0.25, 0.3) is 5.57 Å². The van der Waals surface area contributed by atoms with Gasteiger partial charge in [-0.3, -0.25) is 14.5 Å². The van der Waals surface area contributed by atoms with Crippen molar-refractivity contribution in [2.75, 3.05) is 25.5 Å². The molecule has 2 aliphatic carbocycles. The maximum atomic E-state index is 13.9. The van der Waals surface area contributed by atoms with Crippen molar-refractivity contribution in [3.63, 3.8) is 0 Å². The van der Waals surface area contributed by atoms with Gasteiger partial charge in [-0.2, -0.15) is 0 Å². The number of rotatable bonds is 8. The minimum Gasteiger partial charge on any atom is -0.477 e. The third kappa shape index (κ3) is 5.33. The molecule has 2 fully saturated rings. The Hall–Kier alpha value is -2.68. The molecule has 9 heteroatoms. The van der Waals surface area contributed by atoms with E-state index in [0.717, 1.165) is 66.7 Å². The van der Waals surface area contributed by atoms with Crippen LogP contribution in [0.15, 0.2) is 12.1 Å². The molecule has 1 aromatic rings. The van der Waals surface area contributed by atoms with Gasteiger partial charge in [0.1, 0.15) is 10.4 Å². The van der Waals surface area contributed by atoms with Crippen LogP contribution in [-0.2, 0) is 9.59 Å². The van der Waals surface area contributed by atoms with Gasteiger partial charge in [0.2, 0.25) is 5.91 Å². The van der Waals surface area contributed by atoms with Crippen molar-refractivity contribution in [1.82, 2.24) is 9.80 Å². The standard InChI is InChI=1S/C28H39N3O5S/c1-18-11-13-20(14-12-18)24(32)31(16-8-15-28(2)26(35)29(3)27(36)30(28)4)21-17-22(37-23(21)25(33)34)19-9-6-5-7-10-19/h9,17-18,20H,5-8,10-16H2,1-4H3,(H,33,34). The van der Waals surface area contributed by atoms with Crippen LogP contribution in [0.1, 0.15) is 92.6 Å². The van der Waals surface area contributed by atoms with Gasteiger partial charge >= 0.3 is 12.0 Å². The van der Waals surface area contributed by atoms with Crippen LogP contribution in [-0.4, -0.2) is 64.9 Å². The molecule has 37 heavy (non-hydrogen) atoms. The number of carboxylic acids is 1. The van der Waals surface area contributed by atoms with Gasteiger partial charge in [-0.1, -0.05) is 13.0 Å². The van der Waals surface area contributed by atoms with Gasteiger partial charge in [0.25, 0.3) is 5.91 Å². The van der Waals surface area contributed by atoms with Crippen molar-refractivity contribution in [2.24, 2.45) is 11.8 Å². The first-order chi connectivity index (χ1) is 17.5. The molecule has 1 saturated heterocycles. The van der Waals surface area contributed by atoms with Gasteiger partial charge in [-0.15, -0.1) is 11.3 Å².